The van der Waals surface area contributed by atoms with Gasteiger partial charge in [0.25, 0.3) is 0 Å². The van der Waals surface area contributed by atoms with Crippen LogP contribution in [0.25, 0.3) is 0 Å². The van der Waals surface area contributed by atoms with E-state index in [2.05, 4.69) is 0 Å². The molecule has 11 heavy (non-hydrogen) atoms. The quantitative estimate of drug-likeness (QED) is 0.476. The largest absolute Gasteiger partial charge is 0.444 e. The smallest absolute Gasteiger partial charge is 0.200 e. The van der Waals surface area contributed by atoms with Gasteiger partial charge in [-0.15, -0.1) is 0 Å². The predicted octanol–water partition coefficient (Wildman–Crippen LogP) is 3.77. The summed E-state index contributed by atoms with van der Waals surface area (Å²) in [6, 6.07) is 0. The van der Waals surface area contributed by atoms with Crippen molar-refractivity contribution >= 4 is 34.8 Å². The number of hydrogen-bond donors (Lipinski definition) is 0. The van der Waals surface area contributed by atoms with Crippen molar-refractivity contribution in [3.8, 4) is 0 Å². The predicted molar refractivity (Wildman–Crippen MR) is 35.5 cm³/mol. The van der Waals surface area contributed by atoms with E-state index in [1.54, 1.807) is 0 Å². The average molecular weight is 231 g/mol. The highest BCUT2D eigenvalue weighted by Crippen LogP contribution is 2.34. The van der Waals surface area contributed by atoms with Crippen LogP contribution in [0.2, 0.25) is 0 Å². The number of halogens is 7. The van der Waals surface area contributed by atoms with E-state index in [0.717, 1.165) is 0 Å². The van der Waals surface area contributed by atoms with Gasteiger partial charge in [-0.05, 0) is 0 Å². The van der Waals surface area contributed by atoms with Crippen LogP contribution in [0.3, 0.4) is 0 Å². The van der Waals surface area contributed by atoms with Gasteiger partial charge in [-0.1, -0.05) is 34.8 Å². The topological polar surface area (TPSA) is 0 Å². The fraction of sp³-hybridized carbons (Fsp3) is 0.500. The maximum absolute atomic E-state index is 12.0. The number of allylic oxidation sites excluding steroid dienone is 2. The first-order chi connectivity index (χ1) is 4.76. The standard InChI is InChI=1S/C4HCl3F4/c5-1(3(6)7)2(8)4(9,10)11/h3H. The molecule has 0 rings (SSSR count). The summed E-state index contributed by atoms with van der Waals surface area (Å²) in [5.41, 5.74) is 0. The van der Waals surface area contributed by atoms with Crippen molar-refractivity contribution in [3.05, 3.63) is 10.9 Å². The minimum atomic E-state index is -5.13. The molecule has 0 spiro atoms. The summed E-state index contributed by atoms with van der Waals surface area (Å²) in [5, 5.41) is -1.25. The molecule has 7 heteroatoms. The lowest BCUT2D eigenvalue weighted by Gasteiger charge is -2.05. The Balaban J connectivity index is 4.67. The molecular weight excluding hydrogens is 230 g/mol. The van der Waals surface area contributed by atoms with Crippen molar-refractivity contribution in [3.63, 3.8) is 0 Å². The molecule has 0 atom stereocenters. The monoisotopic (exact) mass is 230 g/mol. The van der Waals surface area contributed by atoms with Crippen LogP contribution in [-0.2, 0) is 0 Å². The van der Waals surface area contributed by atoms with Crippen LogP contribution in [0.4, 0.5) is 17.6 Å². The molecule has 0 radical (unpaired) electrons. The number of alkyl halides is 5. The molecule has 0 aliphatic carbocycles. The van der Waals surface area contributed by atoms with Crippen molar-refractivity contribution in [1.29, 1.82) is 0 Å². The third-order valence-electron chi connectivity index (χ3n) is 0.650. The van der Waals surface area contributed by atoms with Gasteiger partial charge in [0.1, 0.15) is 4.84 Å². The SMILES string of the molecule is FC(=C(Cl)C(Cl)Cl)C(F)(F)F. The van der Waals surface area contributed by atoms with Gasteiger partial charge in [-0.25, -0.2) is 4.39 Å². The van der Waals surface area contributed by atoms with E-state index in [1.165, 1.54) is 0 Å². The molecule has 0 aromatic carbocycles. The highest BCUT2D eigenvalue weighted by atomic mass is 35.5. The molecule has 0 amide bonds. The van der Waals surface area contributed by atoms with Crippen LogP contribution in [0.5, 0.6) is 0 Å². The summed E-state index contributed by atoms with van der Waals surface area (Å²) in [6.45, 7) is 0. The van der Waals surface area contributed by atoms with Crippen LogP contribution in [0.15, 0.2) is 10.9 Å². The summed E-state index contributed by atoms with van der Waals surface area (Å²) in [5.74, 6) is -2.46. The van der Waals surface area contributed by atoms with Gasteiger partial charge in [-0.2, -0.15) is 13.2 Å². The molecule has 0 aliphatic rings. The van der Waals surface area contributed by atoms with Crippen LogP contribution >= 0.6 is 34.8 Å². The fourth-order valence-corrected chi connectivity index (χ4v) is 0.530. The van der Waals surface area contributed by atoms with E-state index in [4.69, 9.17) is 34.8 Å². The summed E-state index contributed by atoms with van der Waals surface area (Å²) in [6.07, 6.45) is -5.13. The molecule has 0 saturated carbocycles. The van der Waals surface area contributed by atoms with E-state index < -0.39 is 21.9 Å². The van der Waals surface area contributed by atoms with E-state index >= 15 is 0 Å². The lowest BCUT2D eigenvalue weighted by atomic mass is 10.5. The van der Waals surface area contributed by atoms with Gasteiger partial charge < -0.3 is 0 Å². The molecular formula is C4HCl3F4. The molecule has 0 aliphatic heterocycles. The zero-order chi connectivity index (χ0) is 9.23. The van der Waals surface area contributed by atoms with Crippen LogP contribution < -0.4 is 0 Å². The van der Waals surface area contributed by atoms with E-state index in [1.807, 2.05) is 0 Å². The Hall–Kier alpha value is 0.330. The van der Waals surface area contributed by atoms with Gasteiger partial charge in [0, 0.05) is 0 Å². The molecule has 0 aromatic heterocycles. The lowest BCUT2D eigenvalue weighted by Crippen LogP contribution is -2.11. The van der Waals surface area contributed by atoms with Crippen LogP contribution in [0, 0.1) is 0 Å². The van der Waals surface area contributed by atoms with Gasteiger partial charge in [0.2, 0.25) is 5.83 Å². The maximum atomic E-state index is 12.0. The molecule has 0 N–H and O–H groups in total. The summed E-state index contributed by atoms with van der Waals surface area (Å²) in [7, 11) is 0. The third kappa shape index (κ3) is 3.49. The Morgan fingerprint density at radius 2 is 1.55 bits per heavy atom. The molecule has 0 unspecified atom stereocenters. The van der Waals surface area contributed by atoms with E-state index in [9.17, 15) is 17.6 Å². The number of hydrogen-bond acceptors (Lipinski definition) is 0. The first-order valence-corrected chi connectivity index (χ1v) is 3.42. The fourth-order valence-electron chi connectivity index (χ4n) is 0.231. The van der Waals surface area contributed by atoms with Gasteiger partial charge in [0.15, 0.2) is 0 Å². The highest BCUT2D eigenvalue weighted by molar-refractivity contribution is 6.52. The van der Waals surface area contributed by atoms with Crippen molar-refractivity contribution in [2.45, 2.75) is 11.0 Å². The molecule has 0 aromatic rings. The summed E-state index contributed by atoms with van der Waals surface area (Å²) < 4.78 is 46.3. The minimum absolute atomic E-state index is 1.25. The van der Waals surface area contributed by atoms with Crippen molar-refractivity contribution in [1.82, 2.24) is 0 Å². The first-order valence-electron chi connectivity index (χ1n) is 2.17. The summed E-state index contributed by atoms with van der Waals surface area (Å²) in [4.78, 5) is -1.70. The average Bonchev–Trinajstić information content (AvgIpc) is 1.82. The molecule has 0 fully saturated rings. The minimum Gasteiger partial charge on any atom is -0.200 e. The molecule has 66 valence electrons. The summed E-state index contributed by atoms with van der Waals surface area (Å²) >= 11 is 14.5. The third-order valence-corrected chi connectivity index (χ3v) is 1.69. The zero-order valence-corrected chi connectivity index (χ0v) is 6.99. The number of rotatable bonds is 1. The zero-order valence-electron chi connectivity index (χ0n) is 4.72. The van der Waals surface area contributed by atoms with Gasteiger partial charge in [-0.3, -0.25) is 0 Å². The van der Waals surface area contributed by atoms with E-state index in [-0.39, 0.29) is 0 Å². The molecule has 0 heterocycles. The Bertz CT molecular complexity index is 171. The van der Waals surface area contributed by atoms with Crippen molar-refractivity contribution < 1.29 is 17.6 Å². The Morgan fingerprint density at radius 1 is 1.18 bits per heavy atom. The van der Waals surface area contributed by atoms with Gasteiger partial charge in [0.05, 0.1) is 5.03 Å². The Morgan fingerprint density at radius 3 is 1.64 bits per heavy atom. The molecule has 0 saturated heterocycles. The van der Waals surface area contributed by atoms with Crippen molar-refractivity contribution in [2.24, 2.45) is 0 Å². The van der Waals surface area contributed by atoms with Crippen molar-refractivity contribution in [2.75, 3.05) is 0 Å². The Kier molecular flexibility index (Phi) is 3.94. The highest BCUT2D eigenvalue weighted by Gasteiger charge is 2.38. The van der Waals surface area contributed by atoms with Gasteiger partial charge >= 0.3 is 6.18 Å². The van der Waals surface area contributed by atoms with Crippen LogP contribution in [-0.4, -0.2) is 11.0 Å². The van der Waals surface area contributed by atoms with E-state index in [0.29, 0.717) is 0 Å². The first kappa shape index (κ1) is 11.3. The molecule has 0 nitrogen and oxygen atoms in total. The molecule has 0 bridgehead atoms. The second-order valence-corrected chi connectivity index (χ2v) is 2.96. The normalized spacial score (nSPS) is 15.3. The lowest BCUT2D eigenvalue weighted by molar-refractivity contribution is -0.109. The van der Waals surface area contributed by atoms with Crippen LogP contribution in [0.1, 0.15) is 0 Å². The second kappa shape index (κ2) is 3.83. The Labute approximate surface area is 74.7 Å². The second-order valence-electron chi connectivity index (χ2n) is 1.46. The maximum Gasteiger partial charge on any atom is 0.444 e.